The fourth-order valence-electron chi connectivity index (χ4n) is 6.22. The minimum atomic E-state index is -0.273. The van der Waals surface area contributed by atoms with Crippen LogP contribution in [0, 0.1) is 11.3 Å². The number of carbonyl (C=O) groups is 2. The van der Waals surface area contributed by atoms with Crippen molar-refractivity contribution >= 4 is 28.7 Å². The Balaban J connectivity index is 1.35. The molecule has 2 aliphatic heterocycles. The average Bonchev–Trinajstić information content (AvgIpc) is 2.91. The summed E-state index contributed by atoms with van der Waals surface area (Å²) in [7, 11) is 0. The average molecular weight is 525 g/mol. The predicted molar refractivity (Wildman–Crippen MR) is 154 cm³/mol. The normalized spacial score (nSPS) is 22.2. The summed E-state index contributed by atoms with van der Waals surface area (Å²) in [4.78, 5) is 33.7. The van der Waals surface area contributed by atoms with Crippen LogP contribution in [0.3, 0.4) is 0 Å². The van der Waals surface area contributed by atoms with Crippen molar-refractivity contribution in [2.75, 3.05) is 31.5 Å². The Labute approximate surface area is 230 Å². The highest BCUT2D eigenvalue weighted by Crippen LogP contribution is 2.42. The quantitative estimate of drug-likeness (QED) is 0.483. The lowest BCUT2D eigenvalue weighted by Crippen LogP contribution is -2.72. The van der Waals surface area contributed by atoms with Crippen molar-refractivity contribution in [3.63, 3.8) is 0 Å². The lowest BCUT2D eigenvalue weighted by atomic mass is 9.81. The Kier molecular flexibility index (Phi) is 6.54. The molecule has 0 saturated carbocycles. The molecule has 0 amide bonds. The number of benzene rings is 2. The second-order valence-corrected chi connectivity index (χ2v) is 12.4. The largest absolute Gasteiger partial charge is 0.468 e. The van der Waals surface area contributed by atoms with Crippen LogP contribution in [0.2, 0.25) is 0 Å². The second-order valence-electron chi connectivity index (χ2n) is 12.4. The van der Waals surface area contributed by atoms with Crippen LogP contribution in [0.5, 0.6) is 5.75 Å². The van der Waals surface area contributed by atoms with Gasteiger partial charge in [-0.3, -0.25) is 9.59 Å². The zero-order valence-corrected chi connectivity index (χ0v) is 23.4. The summed E-state index contributed by atoms with van der Waals surface area (Å²) in [6, 6.07) is 9.01. The third-order valence-electron chi connectivity index (χ3n) is 8.34. The number of piperidine rings is 1. The van der Waals surface area contributed by atoms with Gasteiger partial charge in [-0.2, -0.15) is 0 Å². The Morgan fingerprint density at radius 3 is 2.54 bits per heavy atom. The fourth-order valence-corrected chi connectivity index (χ4v) is 6.22. The van der Waals surface area contributed by atoms with Gasteiger partial charge in [-0.25, -0.2) is 4.99 Å². The standard InChI is InChI=1S/C33H37N3O3/c1-20-9-7-15-36(19-20)16-8-14-34-25-18-27-30(35-24-13-12-21(33(2,3)4)17-26(24)39-27)29-28(25)31(37)22-10-5-6-11-23(22)32(29)38/h5-6,10-13,17-18,20,26,34H,7-9,14-16,19H2,1-4H3/p+1/t20-,26?/m1/s1. The molecule has 6 heteroatoms. The number of ether oxygens (including phenoxy) is 1. The molecule has 2 atom stereocenters. The molecule has 2 aromatic carbocycles. The molecular formula is C33H38N3O3+. The zero-order chi connectivity index (χ0) is 27.3. The van der Waals surface area contributed by atoms with Gasteiger partial charge in [0.2, 0.25) is 17.6 Å². The molecule has 0 radical (unpaired) electrons. The van der Waals surface area contributed by atoms with E-state index in [4.69, 9.17) is 4.74 Å². The van der Waals surface area contributed by atoms with E-state index in [0.717, 1.165) is 37.7 Å². The summed E-state index contributed by atoms with van der Waals surface area (Å²) in [5, 5.41) is 3.52. The number of anilines is 1. The van der Waals surface area contributed by atoms with Gasteiger partial charge in [-0.15, -0.1) is 0 Å². The summed E-state index contributed by atoms with van der Waals surface area (Å²) < 4.78 is 6.51. The lowest BCUT2D eigenvalue weighted by molar-refractivity contribution is -0.362. The Morgan fingerprint density at radius 1 is 1.08 bits per heavy atom. The van der Waals surface area contributed by atoms with Gasteiger partial charge in [0.1, 0.15) is 5.56 Å². The lowest BCUT2D eigenvalue weighted by Gasteiger charge is -2.31. The molecule has 2 heterocycles. The van der Waals surface area contributed by atoms with Crippen molar-refractivity contribution in [1.82, 2.24) is 4.90 Å². The van der Waals surface area contributed by atoms with Crippen LogP contribution in [-0.4, -0.2) is 54.5 Å². The van der Waals surface area contributed by atoms with Gasteiger partial charge in [0.05, 0.1) is 11.3 Å². The summed E-state index contributed by atoms with van der Waals surface area (Å²) in [6.07, 6.45) is 9.51. The van der Waals surface area contributed by atoms with E-state index < -0.39 is 0 Å². The number of hydrogen-bond acceptors (Lipinski definition) is 5. The molecule has 2 aromatic rings. The predicted octanol–water partition coefficient (Wildman–Crippen LogP) is 4.45. The van der Waals surface area contributed by atoms with E-state index in [1.807, 2.05) is 24.3 Å². The molecule has 0 aromatic heterocycles. The van der Waals surface area contributed by atoms with Crippen molar-refractivity contribution in [2.45, 2.75) is 53.1 Å². The maximum atomic E-state index is 13.9. The molecule has 0 spiro atoms. The first kappa shape index (κ1) is 25.8. The molecule has 2 aliphatic carbocycles. The Hall–Kier alpha value is -3.51. The van der Waals surface area contributed by atoms with Crippen molar-refractivity contribution < 1.29 is 19.3 Å². The van der Waals surface area contributed by atoms with Crippen molar-refractivity contribution in [3.05, 3.63) is 76.4 Å². The van der Waals surface area contributed by atoms with Crippen LogP contribution in [0.15, 0.2) is 54.1 Å². The van der Waals surface area contributed by atoms with Crippen molar-refractivity contribution in [1.29, 1.82) is 0 Å². The van der Waals surface area contributed by atoms with Gasteiger partial charge in [0, 0.05) is 36.4 Å². The second kappa shape index (κ2) is 9.91. The van der Waals surface area contributed by atoms with Gasteiger partial charge >= 0.3 is 0 Å². The minimum absolute atomic E-state index is 0.00746. The van der Waals surface area contributed by atoms with E-state index in [0.29, 0.717) is 45.9 Å². The van der Waals surface area contributed by atoms with E-state index in [2.05, 4.69) is 55.1 Å². The third-order valence-corrected chi connectivity index (χ3v) is 8.34. The molecule has 4 aliphatic rings. The fraction of sp³-hybridized carbons (Fsp3) is 0.424. The summed E-state index contributed by atoms with van der Waals surface area (Å²) in [6.45, 7) is 12.9. The smallest absolute Gasteiger partial charge is 0.258 e. The number of hydrogen-bond donors (Lipinski definition) is 2. The third kappa shape index (κ3) is 4.76. The van der Waals surface area contributed by atoms with Crippen LogP contribution in [0.1, 0.15) is 78.8 Å². The number of likely N-dealkylation sites (tertiary alicyclic amines) is 1. The maximum Gasteiger partial charge on any atom is 0.258 e. The van der Waals surface area contributed by atoms with Gasteiger partial charge in [0.15, 0.2) is 11.5 Å². The number of nitrogens with one attached hydrogen (secondary N) is 2. The number of carbonyl (C=O) groups excluding carboxylic acids is 2. The molecular weight excluding hydrogens is 486 g/mol. The maximum absolute atomic E-state index is 13.9. The first-order valence-corrected chi connectivity index (χ1v) is 14.3. The monoisotopic (exact) mass is 524 g/mol. The van der Waals surface area contributed by atoms with Gasteiger partial charge in [0.25, 0.3) is 5.69 Å². The molecule has 2 N–H and O–H groups in total. The first-order valence-electron chi connectivity index (χ1n) is 14.3. The SMILES string of the molecule is C[C@@H]1CCCN(CCCNc2cc3c(c4c2C(=O)c2ccccc2C4=O)[NH+]=C2C=CC(C(C)(C)C)=CC2O3)C1. The van der Waals surface area contributed by atoms with E-state index in [1.165, 1.54) is 18.4 Å². The van der Waals surface area contributed by atoms with Crippen LogP contribution in [-0.2, 0) is 0 Å². The van der Waals surface area contributed by atoms with Crippen LogP contribution >= 0.6 is 0 Å². The number of nitrogens with zero attached hydrogens (tertiary/aromatic N) is 1. The zero-order valence-electron chi connectivity index (χ0n) is 23.4. The van der Waals surface area contributed by atoms with E-state index in [1.54, 1.807) is 12.1 Å². The van der Waals surface area contributed by atoms with Crippen LogP contribution in [0.4, 0.5) is 11.4 Å². The summed E-state index contributed by atoms with van der Waals surface area (Å²) in [5.41, 5.74) is 5.03. The highest BCUT2D eigenvalue weighted by atomic mass is 16.5. The minimum Gasteiger partial charge on any atom is -0.468 e. The number of allylic oxidation sites excluding steroid dienone is 2. The highest BCUT2D eigenvalue weighted by Gasteiger charge is 2.41. The van der Waals surface area contributed by atoms with Gasteiger partial charge < -0.3 is 15.0 Å². The molecule has 6 rings (SSSR count). The molecule has 39 heavy (non-hydrogen) atoms. The van der Waals surface area contributed by atoms with E-state index >= 15 is 0 Å². The molecule has 1 saturated heterocycles. The number of fused-ring (bicyclic) bond motifs is 5. The topological polar surface area (TPSA) is 72.6 Å². The van der Waals surface area contributed by atoms with Crippen molar-refractivity contribution in [2.24, 2.45) is 11.3 Å². The molecule has 1 fully saturated rings. The van der Waals surface area contributed by atoms with Crippen LogP contribution in [0.25, 0.3) is 0 Å². The molecule has 6 nitrogen and oxygen atoms in total. The number of ketones is 2. The summed E-state index contributed by atoms with van der Waals surface area (Å²) >= 11 is 0. The highest BCUT2D eigenvalue weighted by molar-refractivity contribution is 6.32. The molecule has 0 bridgehead atoms. The van der Waals surface area contributed by atoms with Gasteiger partial charge in [-0.1, -0.05) is 58.0 Å². The molecule has 1 unspecified atom stereocenters. The van der Waals surface area contributed by atoms with Crippen molar-refractivity contribution in [3.8, 4) is 5.75 Å². The number of rotatable bonds is 5. The van der Waals surface area contributed by atoms with Gasteiger partial charge in [-0.05, 0) is 55.3 Å². The first-order chi connectivity index (χ1) is 18.7. The van der Waals surface area contributed by atoms with E-state index in [9.17, 15) is 9.59 Å². The Bertz CT molecular complexity index is 1440. The summed E-state index contributed by atoms with van der Waals surface area (Å²) in [5.74, 6) is 1.06. The molecule has 202 valence electrons. The van der Waals surface area contributed by atoms with E-state index in [-0.39, 0.29) is 23.1 Å². The van der Waals surface area contributed by atoms with Crippen LogP contribution < -0.4 is 15.0 Å². The Morgan fingerprint density at radius 2 is 1.82 bits per heavy atom.